The standard InChI is InChI=1S/C20H22ClN3O3S/c21-18-6-5-7-19(22-18)23-20(25)13-10-16-8-11-17(12-9-16)28(26,27)24-14-3-1-2-4-15-24/h5-13H,1-4,14-15H2,(H,22,23,25). The molecule has 148 valence electrons. The Hall–Kier alpha value is -2.22. The Bertz CT molecular complexity index is 951. The van der Waals surface area contributed by atoms with Gasteiger partial charge in [0.15, 0.2) is 0 Å². The lowest BCUT2D eigenvalue weighted by Gasteiger charge is -2.19. The van der Waals surface area contributed by atoms with Crippen LogP contribution in [0.2, 0.25) is 5.15 Å². The summed E-state index contributed by atoms with van der Waals surface area (Å²) in [6.45, 7) is 1.14. The van der Waals surface area contributed by atoms with E-state index in [1.807, 2.05) is 0 Å². The van der Waals surface area contributed by atoms with Crippen LogP contribution in [0.25, 0.3) is 6.08 Å². The Kier molecular flexibility index (Phi) is 6.83. The molecule has 1 fully saturated rings. The van der Waals surface area contributed by atoms with Crippen LogP contribution in [-0.4, -0.2) is 36.7 Å². The minimum absolute atomic E-state index is 0.277. The van der Waals surface area contributed by atoms with Gasteiger partial charge in [-0.05, 0) is 48.7 Å². The van der Waals surface area contributed by atoms with Crippen molar-refractivity contribution < 1.29 is 13.2 Å². The van der Waals surface area contributed by atoms with Crippen LogP contribution in [0, 0.1) is 0 Å². The maximum Gasteiger partial charge on any atom is 0.249 e. The molecule has 2 aromatic rings. The first kappa shape index (κ1) is 20.5. The Balaban J connectivity index is 1.65. The van der Waals surface area contributed by atoms with Crippen molar-refractivity contribution in [2.45, 2.75) is 30.6 Å². The molecule has 0 atom stereocenters. The van der Waals surface area contributed by atoms with Crippen LogP contribution in [0.4, 0.5) is 5.82 Å². The van der Waals surface area contributed by atoms with Crippen molar-refractivity contribution in [3.8, 4) is 0 Å². The number of carbonyl (C=O) groups excluding carboxylic acids is 1. The fourth-order valence-corrected chi connectivity index (χ4v) is 4.68. The van der Waals surface area contributed by atoms with Gasteiger partial charge in [-0.2, -0.15) is 4.31 Å². The molecule has 0 radical (unpaired) electrons. The van der Waals surface area contributed by atoms with Crippen LogP contribution in [-0.2, 0) is 14.8 Å². The molecule has 1 N–H and O–H groups in total. The number of rotatable bonds is 5. The number of benzene rings is 1. The van der Waals surface area contributed by atoms with E-state index >= 15 is 0 Å². The monoisotopic (exact) mass is 419 g/mol. The zero-order valence-electron chi connectivity index (χ0n) is 15.3. The van der Waals surface area contributed by atoms with Crippen molar-refractivity contribution in [1.29, 1.82) is 0 Å². The Labute approximate surface area is 170 Å². The van der Waals surface area contributed by atoms with E-state index in [0.29, 0.717) is 24.1 Å². The van der Waals surface area contributed by atoms with Gasteiger partial charge >= 0.3 is 0 Å². The number of aromatic nitrogens is 1. The predicted octanol–water partition coefficient (Wildman–Crippen LogP) is 3.95. The first-order chi connectivity index (χ1) is 13.4. The highest BCUT2D eigenvalue weighted by molar-refractivity contribution is 7.89. The number of anilines is 1. The lowest BCUT2D eigenvalue weighted by molar-refractivity contribution is -0.111. The quantitative estimate of drug-likeness (QED) is 0.587. The predicted molar refractivity (Wildman–Crippen MR) is 111 cm³/mol. The number of pyridine rings is 1. The van der Waals surface area contributed by atoms with E-state index < -0.39 is 10.0 Å². The first-order valence-corrected chi connectivity index (χ1v) is 11.0. The van der Waals surface area contributed by atoms with E-state index in [4.69, 9.17) is 11.6 Å². The van der Waals surface area contributed by atoms with Gasteiger partial charge in [-0.25, -0.2) is 13.4 Å². The zero-order valence-corrected chi connectivity index (χ0v) is 16.9. The maximum absolute atomic E-state index is 12.8. The minimum Gasteiger partial charge on any atom is -0.307 e. The van der Waals surface area contributed by atoms with E-state index in [0.717, 1.165) is 31.2 Å². The molecular weight excluding hydrogens is 398 g/mol. The number of nitrogens with one attached hydrogen (secondary N) is 1. The lowest BCUT2D eigenvalue weighted by Crippen LogP contribution is -2.31. The summed E-state index contributed by atoms with van der Waals surface area (Å²) in [6.07, 6.45) is 6.92. The van der Waals surface area contributed by atoms with Gasteiger partial charge in [0.25, 0.3) is 0 Å². The van der Waals surface area contributed by atoms with Gasteiger partial charge in [0.05, 0.1) is 4.90 Å². The summed E-state index contributed by atoms with van der Waals surface area (Å²) < 4.78 is 27.1. The van der Waals surface area contributed by atoms with Gasteiger partial charge in [-0.1, -0.05) is 42.6 Å². The number of hydrogen-bond acceptors (Lipinski definition) is 4. The molecule has 0 spiro atoms. The van der Waals surface area contributed by atoms with Crippen molar-refractivity contribution in [3.05, 3.63) is 59.3 Å². The molecule has 0 bridgehead atoms. The van der Waals surface area contributed by atoms with E-state index in [-0.39, 0.29) is 10.8 Å². The third-order valence-electron chi connectivity index (χ3n) is 4.48. The fraction of sp³-hybridized carbons (Fsp3) is 0.300. The molecule has 1 aliphatic heterocycles. The topological polar surface area (TPSA) is 79.4 Å². The first-order valence-electron chi connectivity index (χ1n) is 9.17. The van der Waals surface area contributed by atoms with Crippen LogP contribution in [0.5, 0.6) is 0 Å². The zero-order chi connectivity index (χ0) is 20.0. The maximum atomic E-state index is 12.8. The highest BCUT2D eigenvalue weighted by Gasteiger charge is 2.24. The second-order valence-corrected chi connectivity index (χ2v) is 8.88. The molecule has 0 aliphatic carbocycles. The van der Waals surface area contributed by atoms with Crippen molar-refractivity contribution in [1.82, 2.24) is 9.29 Å². The number of hydrogen-bond donors (Lipinski definition) is 1. The second kappa shape index (κ2) is 9.32. The van der Waals surface area contributed by atoms with Gasteiger partial charge in [-0.3, -0.25) is 4.79 Å². The van der Waals surface area contributed by atoms with E-state index in [1.165, 1.54) is 6.08 Å². The molecular formula is C20H22ClN3O3S. The van der Waals surface area contributed by atoms with Crippen LogP contribution in [0.15, 0.2) is 53.4 Å². The summed E-state index contributed by atoms with van der Waals surface area (Å²) in [5.41, 5.74) is 0.726. The normalized spacial score (nSPS) is 16.0. The summed E-state index contributed by atoms with van der Waals surface area (Å²) >= 11 is 5.79. The third-order valence-corrected chi connectivity index (χ3v) is 6.60. The molecule has 1 aromatic heterocycles. The average molecular weight is 420 g/mol. The molecule has 8 heteroatoms. The van der Waals surface area contributed by atoms with E-state index in [1.54, 1.807) is 52.8 Å². The molecule has 0 unspecified atom stereocenters. The number of halogens is 1. The lowest BCUT2D eigenvalue weighted by atomic mass is 10.2. The molecule has 1 saturated heterocycles. The van der Waals surface area contributed by atoms with E-state index in [2.05, 4.69) is 10.3 Å². The summed E-state index contributed by atoms with van der Waals surface area (Å²) in [5, 5.41) is 2.91. The molecule has 0 saturated carbocycles. The molecule has 1 aromatic carbocycles. The van der Waals surface area contributed by atoms with Crippen LogP contribution in [0.3, 0.4) is 0 Å². The van der Waals surface area contributed by atoms with Crippen LogP contribution in [0.1, 0.15) is 31.2 Å². The molecule has 2 heterocycles. The highest BCUT2D eigenvalue weighted by Crippen LogP contribution is 2.21. The van der Waals surface area contributed by atoms with Crippen LogP contribution >= 0.6 is 11.6 Å². The summed E-state index contributed by atoms with van der Waals surface area (Å²) in [5.74, 6) is 0.0112. The third kappa shape index (κ3) is 5.41. The van der Waals surface area contributed by atoms with Crippen molar-refractivity contribution in [2.24, 2.45) is 0 Å². The molecule has 1 aliphatic rings. The molecule has 3 rings (SSSR count). The van der Waals surface area contributed by atoms with Gasteiger partial charge in [-0.15, -0.1) is 0 Å². The fourth-order valence-electron chi connectivity index (χ4n) is 3.00. The molecule has 6 nitrogen and oxygen atoms in total. The van der Waals surface area contributed by atoms with Crippen molar-refractivity contribution in [2.75, 3.05) is 18.4 Å². The van der Waals surface area contributed by atoms with Gasteiger partial charge in [0.1, 0.15) is 11.0 Å². The Morgan fingerprint density at radius 1 is 1.04 bits per heavy atom. The van der Waals surface area contributed by atoms with E-state index in [9.17, 15) is 13.2 Å². The summed E-state index contributed by atoms with van der Waals surface area (Å²) in [4.78, 5) is 16.2. The Morgan fingerprint density at radius 2 is 1.71 bits per heavy atom. The summed E-state index contributed by atoms with van der Waals surface area (Å²) in [6, 6.07) is 11.5. The number of carbonyl (C=O) groups is 1. The van der Waals surface area contributed by atoms with Gasteiger partial charge in [0.2, 0.25) is 15.9 Å². The molecule has 1 amide bonds. The van der Waals surface area contributed by atoms with Gasteiger partial charge in [0, 0.05) is 19.2 Å². The van der Waals surface area contributed by atoms with Gasteiger partial charge < -0.3 is 5.32 Å². The van der Waals surface area contributed by atoms with Crippen LogP contribution < -0.4 is 5.32 Å². The highest BCUT2D eigenvalue weighted by atomic mass is 35.5. The van der Waals surface area contributed by atoms with Crippen molar-refractivity contribution >= 4 is 39.4 Å². The number of amides is 1. The largest absolute Gasteiger partial charge is 0.307 e. The minimum atomic E-state index is -3.47. The second-order valence-electron chi connectivity index (χ2n) is 6.56. The molecule has 28 heavy (non-hydrogen) atoms. The summed E-state index contributed by atoms with van der Waals surface area (Å²) in [7, 11) is -3.47. The number of nitrogens with zero attached hydrogens (tertiary/aromatic N) is 2. The SMILES string of the molecule is O=C(C=Cc1ccc(S(=O)(=O)N2CCCCCC2)cc1)Nc1cccc(Cl)n1. The Morgan fingerprint density at radius 3 is 2.36 bits per heavy atom. The van der Waals surface area contributed by atoms with Crippen molar-refractivity contribution in [3.63, 3.8) is 0 Å². The average Bonchev–Trinajstić information content (AvgIpc) is 2.97. The smallest absolute Gasteiger partial charge is 0.249 e. The number of sulfonamides is 1.